The number of aliphatic hydroxyl groups is 5. The minimum Gasteiger partial charge on any atom is -0.394 e. The van der Waals surface area contributed by atoms with E-state index in [4.69, 9.17) is 9.84 Å². The molecular weight excluding hydrogens is 288 g/mol. The van der Waals surface area contributed by atoms with Gasteiger partial charge in [-0.1, -0.05) is 51.9 Å². The molecule has 0 spiro atoms. The van der Waals surface area contributed by atoms with Crippen molar-refractivity contribution in [3.05, 3.63) is 0 Å². The minimum atomic E-state index is -1.91. The van der Waals surface area contributed by atoms with E-state index in [1.807, 2.05) is 0 Å². The SMILES string of the molecule is CCCCCCCCCCC1(O)O[C@H](CO)[C@@H](O)[C@H](O)[C@H]1O. The molecule has 0 amide bonds. The molecule has 0 aliphatic carbocycles. The maximum atomic E-state index is 10.3. The van der Waals surface area contributed by atoms with Gasteiger partial charge in [-0.05, 0) is 6.42 Å². The van der Waals surface area contributed by atoms with Crippen LogP contribution in [0, 0.1) is 0 Å². The second kappa shape index (κ2) is 9.80. The van der Waals surface area contributed by atoms with Crippen LogP contribution < -0.4 is 0 Å². The third-order valence-electron chi connectivity index (χ3n) is 4.44. The molecule has 1 unspecified atom stereocenters. The van der Waals surface area contributed by atoms with Gasteiger partial charge in [0.2, 0.25) is 0 Å². The molecule has 1 heterocycles. The molecule has 5 N–H and O–H groups in total. The number of hydrogen-bond donors (Lipinski definition) is 5. The van der Waals surface area contributed by atoms with E-state index in [0.29, 0.717) is 6.42 Å². The molecule has 0 saturated carbocycles. The van der Waals surface area contributed by atoms with Gasteiger partial charge in [0, 0.05) is 6.42 Å². The van der Waals surface area contributed by atoms with Crippen LogP contribution >= 0.6 is 0 Å². The van der Waals surface area contributed by atoms with Crippen molar-refractivity contribution in [2.45, 2.75) is 94.9 Å². The van der Waals surface area contributed by atoms with Crippen LogP contribution in [0.5, 0.6) is 0 Å². The van der Waals surface area contributed by atoms with E-state index in [1.165, 1.54) is 25.7 Å². The van der Waals surface area contributed by atoms with Gasteiger partial charge in [0.05, 0.1) is 6.61 Å². The van der Waals surface area contributed by atoms with Crippen molar-refractivity contribution in [2.24, 2.45) is 0 Å². The molecule has 132 valence electrons. The molecule has 6 nitrogen and oxygen atoms in total. The van der Waals surface area contributed by atoms with Gasteiger partial charge >= 0.3 is 0 Å². The van der Waals surface area contributed by atoms with E-state index < -0.39 is 36.8 Å². The molecule has 0 radical (unpaired) electrons. The Balaban J connectivity index is 2.30. The van der Waals surface area contributed by atoms with E-state index in [2.05, 4.69) is 6.92 Å². The van der Waals surface area contributed by atoms with Crippen LogP contribution in [-0.4, -0.2) is 62.3 Å². The number of hydrogen-bond acceptors (Lipinski definition) is 6. The van der Waals surface area contributed by atoms with Crippen LogP contribution in [0.4, 0.5) is 0 Å². The van der Waals surface area contributed by atoms with Gasteiger partial charge in [-0.15, -0.1) is 0 Å². The predicted octanol–water partition coefficient (Wildman–Crippen LogP) is 0.680. The van der Waals surface area contributed by atoms with E-state index >= 15 is 0 Å². The molecule has 22 heavy (non-hydrogen) atoms. The first kappa shape index (κ1) is 19.8. The van der Waals surface area contributed by atoms with Gasteiger partial charge in [0.25, 0.3) is 0 Å². The van der Waals surface area contributed by atoms with Crippen LogP contribution in [0.15, 0.2) is 0 Å². The van der Waals surface area contributed by atoms with Crippen molar-refractivity contribution < 1.29 is 30.3 Å². The Morgan fingerprint density at radius 1 is 0.864 bits per heavy atom. The first-order valence-corrected chi connectivity index (χ1v) is 8.51. The Morgan fingerprint density at radius 2 is 1.41 bits per heavy atom. The molecule has 0 aromatic carbocycles. The second-order valence-corrected chi connectivity index (χ2v) is 6.33. The number of rotatable bonds is 10. The van der Waals surface area contributed by atoms with Crippen molar-refractivity contribution in [3.63, 3.8) is 0 Å². The second-order valence-electron chi connectivity index (χ2n) is 6.33. The van der Waals surface area contributed by atoms with Gasteiger partial charge < -0.3 is 30.3 Å². The van der Waals surface area contributed by atoms with Gasteiger partial charge in [0.15, 0.2) is 5.79 Å². The van der Waals surface area contributed by atoms with Crippen molar-refractivity contribution in [3.8, 4) is 0 Å². The van der Waals surface area contributed by atoms with E-state index in [0.717, 1.165) is 19.3 Å². The molecule has 1 rings (SSSR count). The fourth-order valence-electron chi connectivity index (χ4n) is 2.94. The van der Waals surface area contributed by atoms with Crippen molar-refractivity contribution in [1.29, 1.82) is 0 Å². The molecule has 6 heteroatoms. The summed E-state index contributed by atoms with van der Waals surface area (Å²) in [6.07, 6.45) is 3.33. The summed E-state index contributed by atoms with van der Waals surface area (Å²) < 4.78 is 5.22. The normalized spacial score (nSPS) is 35.7. The fraction of sp³-hybridized carbons (Fsp3) is 1.00. The average Bonchev–Trinajstić information content (AvgIpc) is 2.52. The van der Waals surface area contributed by atoms with E-state index in [1.54, 1.807) is 0 Å². The predicted molar refractivity (Wildman–Crippen MR) is 82.2 cm³/mol. The summed E-state index contributed by atoms with van der Waals surface area (Å²) in [6.45, 7) is 1.66. The monoisotopic (exact) mass is 320 g/mol. The molecular formula is C16H32O6. The Morgan fingerprint density at radius 3 is 1.95 bits per heavy atom. The molecule has 5 atom stereocenters. The lowest BCUT2D eigenvalue weighted by Gasteiger charge is -2.45. The highest BCUT2D eigenvalue weighted by Crippen LogP contribution is 2.32. The zero-order chi connectivity index (χ0) is 16.6. The van der Waals surface area contributed by atoms with Crippen molar-refractivity contribution in [2.75, 3.05) is 6.61 Å². The van der Waals surface area contributed by atoms with E-state index in [9.17, 15) is 20.4 Å². The highest BCUT2D eigenvalue weighted by molar-refractivity contribution is 4.95. The van der Waals surface area contributed by atoms with Crippen LogP contribution in [0.1, 0.15) is 64.7 Å². The summed E-state index contributed by atoms with van der Waals surface area (Å²) in [4.78, 5) is 0. The standard InChI is InChI=1S/C16H32O6/c1-2-3-4-5-6-7-8-9-10-16(21)15(20)14(19)13(18)12(11-17)22-16/h12-15,17-21H,2-11H2,1H3/t12-,13-,14+,15-,16?/m1/s1. The number of aliphatic hydroxyl groups excluding tert-OH is 4. The highest BCUT2D eigenvalue weighted by atomic mass is 16.7. The van der Waals surface area contributed by atoms with Crippen molar-refractivity contribution >= 4 is 0 Å². The maximum absolute atomic E-state index is 10.3. The lowest BCUT2D eigenvalue weighted by atomic mass is 9.89. The molecule has 1 saturated heterocycles. The topological polar surface area (TPSA) is 110 Å². The molecule has 0 aromatic heterocycles. The minimum absolute atomic E-state index is 0.170. The van der Waals surface area contributed by atoms with Gasteiger partial charge in [-0.2, -0.15) is 0 Å². The van der Waals surface area contributed by atoms with Gasteiger partial charge in [0.1, 0.15) is 24.4 Å². The zero-order valence-corrected chi connectivity index (χ0v) is 13.5. The number of unbranched alkanes of at least 4 members (excludes halogenated alkanes) is 7. The van der Waals surface area contributed by atoms with E-state index in [-0.39, 0.29) is 6.42 Å². The smallest absolute Gasteiger partial charge is 0.195 e. The summed E-state index contributed by atoms with van der Waals surface area (Å²) in [5, 5.41) is 48.8. The first-order valence-electron chi connectivity index (χ1n) is 8.51. The molecule has 0 bridgehead atoms. The Kier molecular flexibility index (Phi) is 8.82. The number of ether oxygens (including phenoxy) is 1. The third kappa shape index (κ3) is 5.44. The third-order valence-corrected chi connectivity index (χ3v) is 4.44. The quantitative estimate of drug-likeness (QED) is 0.379. The summed E-state index contributed by atoms with van der Waals surface area (Å²) in [5.74, 6) is -1.91. The molecule has 0 aromatic rings. The van der Waals surface area contributed by atoms with Gasteiger partial charge in [-0.25, -0.2) is 0 Å². The summed E-state index contributed by atoms with van der Waals surface area (Å²) in [7, 11) is 0. The first-order chi connectivity index (χ1) is 10.5. The van der Waals surface area contributed by atoms with Crippen molar-refractivity contribution in [1.82, 2.24) is 0 Å². The molecule has 1 aliphatic heterocycles. The largest absolute Gasteiger partial charge is 0.394 e. The molecule has 1 aliphatic rings. The summed E-state index contributed by atoms with van der Waals surface area (Å²) in [5.41, 5.74) is 0. The maximum Gasteiger partial charge on any atom is 0.195 e. The van der Waals surface area contributed by atoms with Crippen LogP contribution in [0.3, 0.4) is 0 Å². The Labute approximate surface area is 132 Å². The average molecular weight is 320 g/mol. The lowest BCUT2D eigenvalue weighted by molar-refractivity contribution is -0.351. The highest BCUT2D eigenvalue weighted by Gasteiger charge is 2.51. The lowest BCUT2D eigenvalue weighted by Crippen LogP contribution is -2.65. The fourth-order valence-corrected chi connectivity index (χ4v) is 2.94. The van der Waals surface area contributed by atoms with Crippen LogP contribution in [0.2, 0.25) is 0 Å². The van der Waals surface area contributed by atoms with Crippen LogP contribution in [0.25, 0.3) is 0 Å². The molecule has 1 fully saturated rings. The summed E-state index contributed by atoms with van der Waals surface area (Å²) in [6, 6.07) is 0. The zero-order valence-electron chi connectivity index (χ0n) is 13.5. The Hall–Kier alpha value is -0.240. The Bertz CT molecular complexity index is 298. The van der Waals surface area contributed by atoms with Gasteiger partial charge in [-0.3, -0.25) is 0 Å². The summed E-state index contributed by atoms with van der Waals surface area (Å²) >= 11 is 0. The van der Waals surface area contributed by atoms with Crippen LogP contribution in [-0.2, 0) is 4.74 Å².